The number of allylic oxidation sites excluding steroid dienone is 10. The third-order valence-corrected chi connectivity index (χ3v) is 9.05. The summed E-state index contributed by atoms with van der Waals surface area (Å²) < 4.78 is 34.1. The zero-order valence-electron chi connectivity index (χ0n) is 33.5. The van der Waals surface area contributed by atoms with Crippen molar-refractivity contribution in [3.8, 4) is 0 Å². The maximum absolute atomic E-state index is 12.6. The van der Waals surface area contributed by atoms with Crippen LogP contribution in [0, 0.1) is 0 Å². The Kier molecular flexibility index (Phi) is 33.0. The number of quaternary nitrogens is 1. The highest BCUT2D eigenvalue weighted by Crippen LogP contribution is 2.43. The molecule has 0 saturated heterocycles. The fourth-order valence-electron chi connectivity index (χ4n) is 4.93. The number of ether oxygens (including phenoxy) is 2. The number of hydrogen-bond acceptors (Lipinski definition) is 7. The van der Waals surface area contributed by atoms with Gasteiger partial charge in [0.2, 0.25) is 0 Å². The predicted molar refractivity (Wildman–Crippen MR) is 215 cm³/mol. The van der Waals surface area contributed by atoms with E-state index in [2.05, 4.69) is 68.5 Å². The minimum atomic E-state index is -4.38. The molecule has 10 heteroatoms. The molecule has 0 rings (SSSR count). The van der Waals surface area contributed by atoms with Gasteiger partial charge in [0.1, 0.15) is 19.8 Å². The van der Waals surface area contributed by atoms with Gasteiger partial charge in [-0.15, -0.1) is 0 Å². The van der Waals surface area contributed by atoms with Crippen LogP contribution in [0.4, 0.5) is 0 Å². The van der Waals surface area contributed by atoms with Gasteiger partial charge in [0.25, 0.3) is 0 Å². The van der Waals surface area contributed by atoms with Crippen LogP contribution in [0.25, 0.3) is 0 Å². The fourth-order valence-corrected chi connectivity index (χ4v) is 5.67. The average molecular weight is 753 g/mol. The Morgan fingerprint density at radius 3 is 1.62 bits per heavy atom. The first-order chi connectivity index (χ1) is 25.0. The summed E-state index contributed by atoms with van der Waals surface area (Å²) in [6.07, 6.45) is 39.9. The predicted octanol–water partition coefficient (Wildman–Crippen LogP) is 10.9. The number of phosphoric acid groups is 1. The zero-order valence-corrected chi connectivity index (χ0v) is 34.4. The van der Waals surface area contributed by atoms with Crippen LogP contribution >= 0.6 is 7.82 Å². The van der Waals surface area contributed by atoms with Crippen molar-refractivity contribution in [3.05, 3.63) is 60.8 Å². The van der Waals surface area contributed by atoms with Gasteiger partial charge in [0.15, 0.2) is 6.10 Å². The van der Waals surface area contributed by atoms with Crippen molar-refractivity contribution in [1.82, 2.24) is 0 Å². The quantitative estimate of drug-likeness (QED) is 0.0224. The Hall–Kier alpha value is -2.29. The number of unbranched alkanes of at least 4 members (excludes halogenated alkanes) is 11. The molecule has 0 radical (unpaired) electrons. The lowest BCUT2D eigenvalue weighted by Crippen LogP contribution is -2.37. The SMILES string of the molecule is CC/C=C\C/C=C\C/C=C\C/C=C\C/C=C\CCCC(=O)O[C@H](COC(=O)CCCCCCCCCCCCC)COP(=O)(O)OCC[N+](C)(C)C. The molecule has 0 aromatic carbocycles. The lowest BCUT2D eigenvalue weighted by atomic mass is 10.1. The number of phosphoric ester groups is 1. The number of carbonyl (C=O) groups excluding carboxylic acids is 2. The molecule has 1 unspecified atom stereocenters. The molecule has 9 nitrogen and oxygen atoms in total. The van der Waals surface area contributed by atoms with E-state index in [1.54, 1.807) is 0 Å². The third kappa shape index (κ3) is 37.5. The molecule has 0 aliphatic heterocycles. The maximum atomic E-state index is 12.6. The zero-order chi connectivity index (χ0) is 38.6. The Balaban J connectivity index is 4.53. The Labute approximate surface area is 317 Å². The molecule has 2 atom stereocenters. The summed E-state index contributed by atoms with van der Waals surface area (Å²) in [6.45, 7) is 4.21. The molecule has 0 heterocycles. The molecule has 300 valence electrons. The highest BCUT2D eigenvalue weighted by Gasteiger charge is 2.27. The lowest BCUT2D eigenvalue weighted by molar-refractivity contribution is -0.870. The van der Waals surface area contributed by atoms with Crippen molar-refractivity contribution in [2.45, 2.75) is 148 Å². The summed E-state index contributed by atoms with van der Waals surface area (Å²) in [5.74, 6) is -0.872. The number of hydrogen-bond donors (Lipinski definition) is 1. The monoisotopic (exact) mass is 753 g/mol. The van der Waals surface area contributed by atoms with E-state index in [1.165, 1.54) is 51.4 Å². The summed E-state index contributed by atoms with van der Waals surface area (Å²) >= 11 is 0. The van der Waals surface area contributed by atoms with E-state index in [9.17, 15) is 19.0 Å². The standard InChI is InChI=1S/C42H74NO8P/c1-6-8-10-12-14-16-18-19-20-21-22-23-25-27-29-31-33-35-42(45)51-40(39-50-52(46,47)49-37-36-43(3,4)5)38-48-41(44)34-32-30-28-26-24-17-15-13-11-9-7-2/h8,10,14,16,19-20,22-23,27,29,40H,6-7,9,11-13,15,17-18,21,24-26,28,30-39H2,1-5H3/p+1/b10-8-,16-14-,20-19-,23-22-,29-27-/t40-/m1/s1. The largest absolute Gasteiger partial charge is 0.472 e. The minimum absolute atomic E-state index is 0.0193. The Bertz CT molecular complexity index is 1080. The summed E-state index contributed by atoms with van der Waals surface area (Å²) in [6, 6.07) is 0. The second kappa shape index (κ2) is 34.5. The van der Waals surface area contributed by atoms with Crippen molar-refractivity contribution >= 4 is 19.8 Å². The molecule has 1 N–H and O–H groups in total. The van der Waals surface area contributed by atoms with Gasteiger partial charge in [-0.2, -0.15) is 0 Å². The van der Waals surface area contributed by atoms with Crippen molar-refractivity contribution in [1.29, 1.82) is 0 Å². The van der Waals surface area contributed by atoms with E-state index < -0.39 is 26.5 Å². The summed E-state index contributed by atoms with van der Waals surface area (Å²) in [7, 11) is 1.43. The van der Waals surface area contributed by atoms with Crippen molar-refractivity contribution in [3.63, 3.8) is 0 Å². The van der Waals surface area contributed by atoms with Crippen molar-refractivity contribution in [2.24, 2.45) is 0 Å². The molecule has 0 aromatic rings. The van der Waals surface area contributed by atoms with Crippen molar-refractivity contribution < 1.29 is 42.1 Å². The van der Waals surface area contributed by atoms with Gasteiger partial charge >= 0.3 is 19.8 Å². The number of rotatable bonds is 35. The molecule has 0 spiro atoms. The van der Waals surface area contributed by atoms with Crippen LogP contribution in [0.5, 0.6) is 0 Å². The molecule has 0 amide bonds. The number of carbonyl (C=O) groups is 2. The van der Waals surface area contributed by atoms with Gasteiger partial charge in [-0.1, -0.05) is 139 Å². The highest BCUT2D eigenvalue weighted by atomic mass is 31.2. The Morgan fingerprint density at radius 2 is 1.10 bits per heavy atom. The van der Waals surface area contributed by atoms with E-state index in [0.29, 0.717) is 23.9 Å². The summed E-state index contributed by atoms with van der Waals surface area (Å²) in [5, 5.41) is 0. The van der Waals surface area contributed by atoms with E-state index in [4.69, 9.17) is 18.5 Å². The Morgan fingerprint density at radius 1 is 0.615 bits per heavy atom. The van der Waals surface area contributed by atoms with E-state index >= 15 is 0 Å². The lowest BCUT2D eigenvalue weighted by Gasteiger charge is -2.24. The van der Waals surface area contributed by atoms with Crippen LogP contribution in [-0.2, 0) is 32.7 Å². The summed E-state index contributed by atoms with van der Waals surface area (Å²) in [4.78, 5) is 35.2. The molecule has 0 fully saturated rings. The first kappa shape index (κ1) is 49.7. The van der Waals surface area contributed by atoms with Crippen LogP contribution in [0.3, 0.4) is 0 Å². The average Bonchev–Trinajstić information content (AvgIpc) is 3.09. The fraction of sp³-hybridized carbons (Fsp3) is 0.714. The van der Waals surface area contributed by atoms with Gasteiger partial charge in [-0.3, -0.25) is 18.6 Å². The van der Waals surface area contributed by atoms with Crippen LogP contribution in [0.15, 0.2) is 60.8 Å². The third-order valence-electron chi connectivity index (χ3n) is 8.06. The van der Waals surface area contributed by atoms with E-state index in [0.717, 1.165) is 51.4 Å². The van der Waals surface area contributed by atoms with Crippen LogP contribution in [0.2, 0.25) is 0 Å². The second-order valence-corrected chi connectivity index (χ2v) is 15.7. The van der Waals surface area contributed by atoms with Gasteiger partial charge in [0, 0.05) is 12.8 Å². The molecule has 0 aliphatic rings. The van der Waals surface area contributed by atoms with Gasteiger partial charge in [-0.25, -0.2) is 4.57 Å². The molecule has 0 aliphatic carbocycles. The molecular formula is C42H75NO8P+. The first-order valence-corrected chi connectivity index (χ1v) is 21.5. The first-order valence-electron chi connectivity index (χ1n) is 20.0. The molecule has 0 saturated carbocycles. The van der Waals surface area contributed by atoms with Gasteiger partial charge < -0.3 is 18.9 Å². The van der Waals surface area contributed by atoms with E-state index in [1.807, 2.05) is 27.2 Å². The van der Waals surface area contributed by atoms with Crippen LogP contribution in [-0.4, -0.2) is 74.9 Å². The topological polar surface area (TPSA) is 108 Å². The maximum Gasteiger partial charge on any atom is 0.472 e. The molecular weight excluding hydrogens is 677 g/mol. The number of nitrogens with zero attached hydrogens (tertiary/aromatic N) is 1. The van der Waals surface area contributed by atoms with Gasteiger partial charge in [-0.05, 0) is 51.4 Å². The molecule has 52 heavy (non-hydrogen) atoms. The molecule has 0 bridgehead atoms. The van der Waals surface area contributed by atoms with Crippen LogP contribution < -0.4 is 0 Å². The number of esters is 2. The van der Waals surface area contributed by atoms with Gasteiger partial charge in [0.05, 0.1) is 27.7 Å². The van der Waals surface area contributed by atoms with E-state index in [-0.39, 0.29) is 32.0 Å². The summed E-state index contributed by atoms with van der Waals surface area (Å²) in [5.41, 5.74) is 0. The second-order valence-electron chi connectivity index (χ2n) is 14.3. The number of likely N-dealkylation sites (N-methyl/N-ethyl adjacent to an activating group) is 1. The molecule has 0 aromatic heterocycles. The normalized spacial score (nSPS) is 14.3. The van der Waals surface area contributed by atoms with Crippen molar-refractivity contribution in [2.75, 3.05) is 47.5 Å². The highest BCUT2D eigenvalue weighted by molar-refractivity contribution is 7.47. The minimum Gasteiger partial charge on any atom is -0.462 e. The smallest absolute Gasteiger partial charge is 0.462 e. The van der Waals surface area contributed by atoms with Crippen LogP contribution in [0.1, 0.15) is 142 Å².